The maximum Gasteiger partial charge on any atom is 0.323 e. The molecule has 2 aromatic rings. The molecule has 4 rings (SSSR count). The zero-order chi connectivity index (χ0) is 21.6. The van der Waals surface area contributed by atoms with E-state index in [4.69, 9.17) is 0 Å². The van der Waals surface area contributed by atoms with E-state index in [0.717, 1.165) is 35.9 Å². The van der Waals surface area contributed by atoms with Crippen LogP contribution in [0.2, 0.25) is 0 Å². The van der Waals surface area contributed by atoms with Crippen molar-refractivity contribution < 1.29 is 4.79 Å². The summed E-state index contributed by atoms with van der Waals surface area (Å²) in [5.41, 5.74) is 3.23. The third-order valence-electron chi connectivity index (χ3n) is 7.29. The molecule has 1 aromatic carbocycles. The van der Waals surface area contributed by atoms with Gasteiger partial charge in [0.15, 0.2) is 0 Å². The summed E-state index contributed by atoms with van der Waals surface area (Å²) in [6.45, 7) is 4.66. The van der Waals surface area contributed by atoms with Crippen molar-refractivity contribution in [3.05, 3.63) is 59.3 Å². The number of urea groups is 1. The largest absolute Gasteiger partial charge is 0.323 e. The highest BCUT2D eigenvalue weighted by Crippen LogP contribution is 2.39. The zero-order valence-electron chi connectivity index (χ0n) is 19.1. The summed E-state index contributed by atoms with van der Waals surface area (Å²) >= 11 is 0. The molecule has 0 radical (unpaired) electrons. The Morgan fingerprint density at radius 3 is 2.29 bits per heavy atom. The van der Waals surface area contributed by atoms with Gasteiger partial charge in [-0.25, -0.2) is 9.78 Å². The number of benzene rings is 1. The van der Waals surface area contributed by atoms with Gasteiger partial charge in [-0.15, -0.1) is 0 Å². The number of aromatic nitrogens is 1. The Labute approximate surface area is 187 Å². The minimum Gasteiger partial charge on any atom is -0.317 e. The average molecular weight is 420 g/mol. The first-order valence-electron chi connectivity index (χ1n) is 12.2. The van der Waals surface area contributed by atoms with Crippen LogP contribution < -0.4 is 5.32 Å². The molecule has 2 saturated carbocycles. The van der Waals surface area contributed by atoms with Gasteiger partial charge in [0.05, 0.1) is 0 Å². The third-order valence-corrected chi connectivity index (χ3v) is 7.29. The van der Waals surface area contributed by atoms with E-state index in [2.05, 4.69) is 39.5 Å². The van der Waals surface area contributed by atoms with Gasteiger partial charge in [0.25, 0.3) is 0 Å². The molecule has 0 saturated heterocycles. The molecule has 0 bridgehead atoms. The maximum absolute atomic E-state index is 13.4. The van der Waals surface area contributed by atoms with Gasteiger partial charge in [0.2, 0.25) is 0 Å². The fraction of sp³-hybridized carbons (Fsp3) is 0.556. The van der Waals surface area contributed by atoms with Gasteiger partial charge in [-0.3, -0.25) is 5.32 Å². The molecule has 0 atom stereocenters. The molecule has 4 heteroatoms. The van der Waals surface area contributed by atoms with Gasteiger partial charge in [-0.1, -0.05) is 62.4 Å². The van der Waals surface area contributed by atoms with Crippen LogP contribution in [0.25, 0.3) is 0 Å². The lowest BCUT2D eigenvalue weighted by molar-refractivity contribution is 0.120. The molecule has 4 nitrogen and oxygen atoms in total. The van der Waals surface area contributed by atoms with E-state index in [-0.39, 0.29) is 6.03 Å². The Hall–Kier alpha value is -2.36. The number of rotatable bonds is 5. The Bertz CT molecular complexity index is 832. The van der Waals surface area contributed by atoms with Crippen molar-refractivity contribution in [3.8, 4) is 0 Å². The second-order valence-electron chi connectivity index (χ2n) is 9.68. The summed E-state index contributed by atoms with van der Waals surface area (Å²) in [7, 11) is 0. The number of carbonyl (C=O) groups excluding carboxylic acids is 1. The number of nitrogens with one attached hydrogen (secondary N) is 1. The smallest absolute Gasteiger partial charge is 0.317 e. The highest BCUT2D eigenvalue weighted by Gasteiger charge is 2.32. The first-order valence-corrected chi connectivity index (χ1v) is 12.2. The van der Waals surface area contributed by atoms with Gasteiger partial charge in [0.1, 0.15) is 5.82 Å². The Balaban J connectivity index is 1.45. The van der Waals surface area contributed by atoms with Crippen molar-refractivity contribution in [2.24, 2.45) is 11.8 Å². The van der Waals surface area contributed by atoms with E-state index >= 15 is 0 Å². The number of aryl methyl sites for hydroxylation is 2. The highest BCUT2D eigenvalue weighted by molar-refractivity contribution is 5.88. The van der Waals surface area contributed by atoms with Crippen LogP contribution in [-0.4, -0.2) is 22.0 Å². The molecular weight excluding hydrogens is 382 g/mol. The van der Waals surface area contributed by atoms with Gasteiger partial charge in [-0.05, 0) is 74.6 Å². The maximum atomic E-state index is 13.4. The summed E-state index contributed by atoms with van der Waals surface area (Å²) in [5, 5.41) is 3.09. The number of hydrogen-bond donors (Lipinski definition) is 1. The number of anilines is 1. The van der Waals surface area contributed by atoms with Crippen molar-refractivity contribution in [2.45, 2.75) is 84.2 Å². The van der Waals surface area contributed by atoms with Gasteiger partial charge >= 0.3 is 6.03 Å². The number of hydrogen-bond acceptors (Lipinski definition) is 2. The third kappa shape index (κ3) is 5.87. The summed E-state index contributed by atoms with van der Waals surface area (Å²) in [5.74, 6) is 2.43. The van der Waals surface area contributed by atoms with Crippen LogP contribution in [0.3, 0.4) is 0 Å². The molecule has 0 spiro atoms. The number of amides is 2. The fourth-order valence-electron chi connectivity index (χ4n) is 5.72. The average Bonchev–Trinajstić information content (AvgIpc) is 2.78. The molecule has 31 heavy (non-hydrogen) atoms. The molecular formula is C27H37N3O. The molecule has 2 aliphatic rings. The first-order chi connectivity index (χ1) is 15.1. The van der Waals surface area contributed by atoms with Crippen molar-refractivity contribution in [1.82, 2.24) is 9.88 Å². The van der Waals surface area contributed by atoms with E-state index < -0.39 is 0 Å². The van der Waals surface area contributed by atoms with E-state index in [9.17, 15) is 4.79 Å². The standard InChI is InChI=1S/C27H37N3O/c1-20-17-21(2)28-26(18-20)29-27(31)30(19-22-9-5-3-6-10-22)25-15-13-24(14-16-25)23-11-7-4-8-12-23/h3,5-6,9-10,17-18,23-25H,4,7-8,11-16,19H2,1-2H3,(H,28,29,31). The van der Waals surface area contributed by atoms with Crippen molar-refractivity contribution in [3.63, 3.8) is 0 Å². The quantitative estimate of drug-likeness (QED) is 0.574. The first kappa shape index (κ1) is 21.9. The van der Waals surface area contributed by atoms with Crippen LogP contribution in [-0.2, 0) is 6.54 Å². The zero-order valence-corrected chi connectivity index (χ0v) is 19.1. The van der Waals surface area contributed by atoms with Crippen LogP contribution in [0, 0.1) is 25.7 Å². The van der Waals surface area contributed by atoms with E-state index in [1.165, 1.54) is 50.5 Å². The van der Waals surface area contributed by atoms with Crippen molar-refractivity contribution in [2.75, 3.05) is 5.32 Å². The summed E-state index contributed by atoms with van der Waals surface area (Å²) in [4.78, 5) is 20.0. The highest BCUT2D eigenvalue weighted by atomic mass is 16.2. The minimum atomic E-state index is -0.0255. The van der Waals surface area contributed by atoms with E-state index in [1.54, 1.807) is 0 Å². The predicted molar refractivity (Wildman–Crippen MR) is 127 cm³/mol. The Kier molecular flexibility index (Phi) is 7.26. The number of nitrogens with zero attached hydrogens (tertiary/aromatic N) is 2. The van der Waals surface area contributed by atoms with E-state index in [1.807, 2.05) is 32.0 Å². The lowest BCUT2D eigenvalue weighted by Gasteiger charge is -2.40. The molecule has 1 aromatic heterocycles. The Morgan fingerprint density at radius 1 is 0.935 bits per heavy atom. The predicted octanol–water partition coefficient (Wildman–Crippen LogP) is 6.87. The molecule has 1 N–H and O–H groups in total. The van der Waals surface area contributed by atoms with Crippen LogP contribution in [0.5, 0.6) is 0 Å². The van der Waals surface area contributed by atoms with Crippen LogP contribution in [0.4, 0.5) is 10.6 Å². The number of carbonyl (C=O) groups is 1. The van der Waals surface area contributed by atoms with Gasteiger partial charge < -0.3 is 4.90 Å². The molecule has 2 fully saturated rings. The normalized spacial score (nSPS) is 22.1. The van der Waals surface area contributed by atoms with E-state index in [0.29, 0.717) is 18.4 Å². The van der Waals surface area contributed by atoms with Gasteiger partial charge in [-0.2, -0.15) is 0 Å². The monoisotopic (exact) mass is 419 g/mol. The minimum absolute atomic E-state index is 0.0255. The molecule has 166 valence electrons. The molecule has 2 amide bonds. The second-order valence-corrected chi connectivity index (χ2v) is 9.68. The lowest BCUT2D eigenvalue weighted by atomic mass is 9.72. The lowest BCUT2D eigenvalue weighted by Crippen LogP contribution is -2.44. The molecule has 0 unspecified atom stereocenters. The molecule has 0 aliphatic heterocycles. The SMILES string of the molecule is Cc1cc(C)nc(NC(=O)N(Cc2ccccc2)C2CCC(C3CCCCC3)CC2)c1. The summed E-state index contributed by atoms with van der Waals surface area (Å²) < 4.78 is 0. The molecule has 1 heterocycles. The second kappa shape index (κ2) is 10.3. The topological polar surface area (TPSA) is 45.2 Å². The van der Waals surface area contributed by atoms with Gasteiger partial charge in [0, 0.05) is 18.3 Å². The summed E-state index contributed by atoms with van der Waals surface area (Å²) in [6, 6.07) is 14.6. The number of pyridine rings is 1. The van der Waals surface area contributed by atoms with Crippen LogP contribution in [0.1, 0.15) is 74.6 Å². The fourth-order valence-corrected chi connectivity index (χ4v) is 5.72. The van der Waals surface area contributed by atoms with Crippen molar-refractivity contribution >= 4 is 11.8 Å². The van der Waals surface area contributed by atoms with Crippen molar-refractivity contribution in [1.29, 1.82) is 0 Å². The Morgan fingerprint density at radius 2 is 1.61 bits per heavy atom. The molecule has 2 aliphatic carbocycles. The van der Waals surface area contributed by atoms with Crippen LogP contribution in [0.15, 0.2) is 42.5 Å². The summed E-state index contributed by atoms with van der Waals surface area (Å²) in [6.07, 6.45) is 11.8. The van der Waals surface area contributed by atoms with Crippen LogP contribution >= 0.6 is 0 Å².